The summed E-state index contributed by atoms with van der Waals surface area (Å²) in [6.45, 7) is 6.37. The molecule has 8 heteroatoms. The van der Waals surface area contributed by atoms with Crippen molar-refractivity contribution in [3.8, 4) is 5.75 Å². The molecule has 36 heavy (non-hydrogen) atoms. The van der Waals surface area contributed by atoms with E-state index in [1.807, 2.05) is 25.3 Å². The van der Waals surface area contributed by atoms with Crippen molar-refractivity contribution < 1.29 is 19.4 Å². The molecule has 4 aliphatic rings. The zero-order valence-electron chi connectivity index (χ0n) is 22.3. The quantitative estimate of drug-likeness (QED) is 0.511. The molecule has 3 aliphatic carbocycles. The smallest absolute Gasteiger partial charge is 0.223 e. The molecule has 7 nitrogen and oxygen atoms in total. The fraction of sp³-hybridized carbons (Fsp3) is 0.750. The van der Waals surface area contributed by atoms with Crippen LogP contribution in [0.3, 0.4) is 0 Å². The van der Waals surface area contributed by atoms with Gasteiger partial charge in [-0.3, -0.25) is 9.69 Å². The molecule has 3 saturated carbocycles. The van der Waals surface area contributed by atoms with E-state index >= 15 is 0 Å². The van der Waals surface area contributed by atoms with Crippen LogP contribution >= 0.6 is 0 Å². The molecule has 7 atom stereocenters. The fourth-order valence-corrected chi connectivity index (χ4v) is 7.45. The van der Waals surface area contributed by atoms with Crippen molar-refractivity contribution >= 4 is 19.4 Å². The second-order valence-electron chi connectivity index (χ2n) is 10.9. The van der Waals surface area contributed by atoms with E-state index < -0.39 is 6.10 Å². The molecule has 4 fully saturated rings. The van der Waals surface area contributed by atoms with Gasteiger partial charge in [-0.25, -0.2) is 0 Å². The number of rotatable bonds is 9. The molecule has 1 aliphatic heterocycles. The van der Waals surface area contributed by atoms with Gasteiger partial charge in [-0.15, -0.1) is 0 Å². The van der Waals surface area contributed by atoms with Gasteiger partial charge in [0.1, 0.15) is 5.75 Å². The van der Waals surface area contributed by atoms with Gasteiger partial charge in [-0.1, -0.05) is 19.0 Å². The summed E-state index contributed by atoms with van der Waals surface area (Å²) in [4.78, 5) is 17.5. The number of anilines is 1. The summed E-state index contributed by atoms with van der Waals surface area (Å²) in [6.07, 6.45) is 5.18. The third-order valence-electron chi connectivity index (χ3n) is 9.12. The van der Waals surface area contributed by atoms with E-state index in [-0.39, 0.29) is 11.8 Å². The summed E-state index contributed by atoms with van der Waals surface area (Å²) in [7, 11) is 8.05. The molecular weight excluding hydrogens is 453 g/mol. The lowest BCUT2D eigenvalue weighted by Gasteiger charge is -2.37. The number of carbonyl (C=O) groups excluding carboxylic acids is 1. The van der Waals surface area contributed by atoms with Crippen LogP contribution in [0, 0.1) is 29.6 Å². The minimum atomic E-state index is -0.417. The highest BCUT2D eigenvalue weighted by Gasteiger charge is 2.57. The van der Waals surface area contributed by atoms with E-state index in [2.05, 4.69) is 29.0 Å². The zero-order valence-corrected chi connectivity index (χ0v) is 22.3. The number of fused-ring (bicyclic) bond motifs is 5. The molecule has 1 heterocycles. The zero-order chi connectivity index (χ0) is 25.7. The van der Waals surface area contributed by atoms with Gasteiger partial charge in [0.05, 0.1) is 32.9 Å². The molecule has 1 aromatic rings. The predicted octanol–water partition coefficient (Wildman–Crippen LogP) is 2.58. The van der Waals surface area contributed by atoms with E-state index in [0.29, 0.717) is 37.5 Å². The number of hydrogen-bond acceptors (Lipinski definition) is 6. The van der Waals surface area contributed by atoms with E-state index in [0.717, 1.165) is 62.3 Å². The Bertz CT molecular complexity index is 848. The van der Waals surface area contributed by atoms with Crippen molar-refractivity contribution in [2.24, 2.45) is 29.6 Å². The van der Waals surface area contributed by atoms with Crippen LogP contribution in [0.2, 0.25) is 6.82 Å². The predicted molar refractivity (Wildman–Crippen MR) is 144 cm³/mol. The van der Waals surface area contributed by atoms with Gasteiger partial charge in [0.2, 0.25) is 5.91 Å². The molecule has 5 rings (SSSR count). The Labute approximate surface area is 218 Å². The fourth-order valence-electron chi connectivity index (χ4n) is 7.45. The van der Waals surface area contributed by atoms with Gasteiger partial charge in [-0.2, -0.15) is 0 Å². The summed E-state index contributed by atoms with van der Waals surface area (Å²) >= 11 is 0. The molecule has 2 radical (unpaired) electrons. The average Bonchev–Trinajstić information content (AvgIpc) is 3.62. The van der Waals surface area contributed by atoms with Crippen molar-refractivity contribution in [2.75, 3.05) is 58.4 Å². The summed E-state index contributed by atoms with van der Waals surface area (Å²) < 4.78 is 11.2. The minimum Gasteiger partial charge on any atom is -0.495 e. The number of β-amino-alcohol motifs (C(OH)–C–C–N with tert-alkyl or cyclic N) is 1. The van der Waals surface area contributed by atoms with Crippen molar-refractivity contribution in [1.29, 1.82) is 0 Å². The first-order valence-electron chi connectivity index (χ1n) is 13.7. The number of piperazine rings is 1. The monoisotopic (exact) mass is 497 g/mol. The second-order valence-corrected chi connectivity index (χ2v) is 10.9. The summed E-state index contributed by atoms with van der Waals surface area (Å²) in [6, 6.07) is 8.13. The number of hydrogen-bond donors (Lipinski definition) is 2. The van der Waals surface area contributed by atoms with Crippen LogP contribution in [0.4, 0.5) is 5.69 Å². The number of methoxy groups -OCH3 is 2. The van der Waals surface area contributed by atoms with Crippen LogP contribution in [-0.4, -0.2) is 89.5 Å². The maximum atomic E-state index is 12.8. The maximum Gasteiger partial charge on any atom is 0.223 e. The molecule has 198 valence electrons. The summed E-state index contributed by atoms with van der Waals surface area (Å²) in [5.41, 5.74) is 1.13. The molecule has 0 aromatic heterocycles. The number of aliphatic hydroxyl groups is 1. The number of para-hydroxylation sites is 2. The SMILES string of the molecule is COc1ccccc1N1CCN(CC(O)CCNC(=O)C2CC3C4CC(OC)C(C4)C3C2)CC1.[B]C. The number of nitrogens with zero attached hydrogens (tertiary/aromatic N) is 2. The molecule has 1 aromatic carbocycles. The molecular formula is C28H44BN3O4. The minimum absolute atomic E-state index is 0.149. The molecule has 2 N–H and O–H groups in total. The molecule has 1 saturated heterocycles. The van der Waals surface area contributed by atoms with Gasteiger partial charge in [0, 0.05) is 52.3 Å². The van der Waals surface area contributed by atoms with Crippen molar-refractivity contribution in [3.05, 3.63) is 24.3 Å². The Morgan fingerprint density at radius 2 is 1.78 bits per heavy atom. The van der Waals surface area contributed by atoms with Crippen molar-refractivity contribution in [3.63, 3.8) is 0 Å². The van der Waals surface area contributed by atoms with E-state index in [1.165, 1.54) is 19.7 Å². The topological polar surface area (TPSA) is 74.3 Å². The molecule has 7 unspecified atom stereocenters. The number of ether oxygens (including phenoxy) is 2. The van der Waals surface area contributed by atoms with Crippen molar-refractivity contribution in [2.45, 2.75) is 51.1 Å². The normalized spacial score (nSPS) is 31.9. The molecule has 1 amide bonds. The van der Waals surface area contributed by atoms with E-state index in [1.54, 1.807) is 7.11 Å². The summed E-state index contributed by atoms with van der Waals surface area (Å²) in [5.74, 6) is 4.10. The first-order valence-corrected chi connectivity index (χ1v) is 13.7. The lowest BCUT2D eigenvalue weighted by Crippen LogP contribution is -2.49. The highest BCUT2D eigenvalue weighted by atomic mass is 16.5. The highest BCUT2D eigenvalue weighted by Crippen LogP contribution is 2.60. The Morgan fingerprint density at radius 1 is 1.06 bits per heavy atom. The van der Waals surface area contributed by atoms with Crippen LogP contribution in [-0.2, 0) is 9.53 Å². The second kappa shape index (κ2) is 12.7. The first kappa shape index (κ1) is 27.3. The number of nitrogens with one attached hydrogen (secondary N) is 1. The third-order valence-corrected chi connectivity index (χ3v) is 9.12. The van der Waals surface area contributed by atoms with Crippen molar-refractivity contribution in [1.82, 2.24) is 10.2 Å². The van der Waals surface area contributed by atoms with E-state index in [4.69, 9.17) is 9.47 Å². The largest absolute Gasteiger partial charge is 0.495 e. The van der Waals surface area contributed by atoms with Crippen LogP contribution in [0.15, 0.2) is 24.3 Å². The first-order chi connectivity index (χ1) is 17.6. The van der Waals surface area contributed by atoms with Crippen LogP contribution in [0.5, 0.6) is 5.75 Å². The lowest BCUT2D eigenvalue weighted by molar-refractivity contribution is -0.125. The number of benzene rings is 1. The lowest BCUT2D eigenvalue weighted by atomic mass is 9.80. The number of carbonyl (C=O) groups is 1. The Hall–Kier alpha value is -1.77. The van der Waals surface area contributed by atoms with E-state index in [9.17, 15) is 9.90 Å². The van der Waals surface area contributed by atoms with Gasteiger partial charge in [0.25, 0.3) is 0 Å². The average molecular weight is 497 g/mol. The van der Waals surface area contributed by atoms with Gasteiger partial charge < -0.3 is 24.8 Å². The maximum absolute atomic E-state index is 12.8. The Kier molecular flexibility index (Phi) is 9.59. The highest BCUT2D eigenvalue weighted by molar-refractivity contribution is 6.05. The molecule has 0 spiro atoms. The van der Waals surface area contributed by atoms with Gasteiger partial charge >= 0.3 is 0 Å². The van der Waals surface area contributed by atoms with Gasteiger partial charge in [-0.05, 0) is 67.9 Å². The third kappa shape index (κ3) is 5.86. The Balaban J connectivity index is 0.00000148. The molecule has 2 bridgehead atoms. The van der Waals surface area contributed by atoms with Crippen LogP contribution in [0.1, 0.15) is 32.1 Å². The van der Waals surface area contributed by atoms with Crippen LogP contribution in [0.25, 0.3) is 0 Å². The van der Waals surface area contributed by atoms with Gasteiger partial charge in [0.15, 0.2) is 0 Å². The number of amides is 1. The number of aliphatic hydroxyl groups excluding tert-OH is 1. The summed E-state index contributed by atoms with van der Waals surface area (Å²) in [5, 5.41) is 13.7. The Morgan fingerprint density at radius 3 is 2.50 bits per heavy atom. The van der Waals surface area contributed by atoms with Crippen LogP contribution < -0.4 is 15.0 Å². The standard InChI is InChI=1S/C27H41N3O4.CH3B/c1-33-25-6-4-3-5-24(25)30-11-9-29(10-12-30)17-20(31)7-8-28-27(32)19-14-21-18-13-23(22(21)15-19)26(16-18)34-2;1-2/h3-6,18-23,26,31H,7-17H2,1-2H3,(H,28,32);1H3.